The van der Waals surface area contributed by atoms with Crippen molar-refractivity contribution in [2.45, 2.75) is 6.61 Å². The first-order valence-corrected chi connectivity index (χ1v) is 9.06. The average Bonchev–Trinajstić information content (AvgIpc) is 3.48. The van der Waals surface area contributed by atoms with Gasteiger partial charge in [0, 0.05) is 0 Å². The molecule has 0 aliphatic rings. The fraction of sp³-hybridized carbons (Fsp3) is 0.0526. The standard InChI is InChI=1S/C19H13N3O5S/c23-17(14-7-3-9-25-14)20-13-6-2-1-5-12(13)19(24)26-11-16-21-22-18(27-16)15-8-4-10-28-15/h1-10H,11H2,(H,20,23). The number of amides is 1. The van der Waals surface area contributed by atoms with E-state index >= 15 is 0 Å². The number of nitrogens with one attached hydrogen (secondary N) is 1. The molecule has 0 spiro atoms. The second-order valence-electron chi connectivity index (χ2n) is 5.53. The van der Waals surface area contributed by atoms with Crippen LogP contribution in [0.2, 0.25) is 0 Å². The summed E-state index contributed by atoms with van der Waals surface area (Å²) >= 11 is 1.47. The topological polar surface area (TPSA) is 107 Å². The molecule has 1 amide bonds. The van der Waals surface area contributed by atoms with E-state index in [4.69, 9.17) is 13.6 Å². The lowest BCUT2D eigenvalue weighted by Crippen LogP contribution is -2.15. The summed E-state index contributed by atoms with van der Waals surface area (Å²) in [5.74, 6) is -0.426. The van der Waals surface area contributed by atoms with Crippen molar-refractivity contribution in [1.29, 1.82) is 0 Å². The van der Waals surface area contributed by atoms with E-state index < -0.39 is 11.9 Å². The molecule has 3 aromatic heterocycles. The molecule has 0 saturated carbocycles. The number of carbonyl (C=O) groups excluding carboxylic acids is 2. The molecule has 1 aromatic carbocycles. The third-order valence-electron chi connectivity index (χ3n) is 3.67. The third kappa shape index (κ3) is 3.84. The Balaban J connectivity index is 1.43. The summed E-state index contributed by atoms with van der Waals surface area (Å²) < 4.78 is 15.8. The Morgan fingerprint density at radius 1 is 1.07 bits per heavy atom. The Bertz CT molecular complexity index is 1090. The third-order valence-corrected chi connectivity index (χ3v) is 4.52. The molecule has 28 heavy (non-hydrogen) atoms. The fourth-order valence-corrected chi connectivity index (χ4v) is 3.02. The van der Waals surface area contributed by atoms with Crippen molar-refractivity contribution in [2.75, 3.05) is 5.32 Å². The Kier molecular flexibility index (Phi) is 4.98. The molecule has 0 aliphatic heterocycles. The number of benzene rings is 1. The molecule has 4 aromatic rings. The first-order chi connectivity index (χ1) is 13.7. The van der Waals surface area contributed by atoms with E-state index in [0.717, 1.165) is 4.88 Å². The van der Waals surface area contributed by atoms with Crippen LogP contribution in [0.5, 0.6) is 0 Å². The zero-order valence-electron chi connectivity index (χ0n) is 14.3. The smallest absolute Gasteiger partial charge is 0.340 e. The minimum atomic E-state index is -0.633. The van der Waals surface area contributed by atoms with Gasteiger partial charge in [-0.1, -0.05) is 18.2 Å². The van der Waals surface area contributed by atoms with Crippen molar-refractivity contribution in [3.05, 3.63) is 77.4 Å². The lowest BCUT2D eigenvalue weighted by Gasteiger charge is -2.09. The van der Waals surface area contributed by atoms with Crippen molar-refractivity contribution >= 4 is 28.9 Å². The number of hydrogen-bond acceptors (Lipinski definition) is 8. The van der Waals surface area contributed by atoms with E-state index in [1.165, 1.54) is 23.7 Å². The van der Waals surface area contributed by atoms with Crippen molar-refractivity contribution in [1.82, 2.24) is 10.2 Å². The van der Waals surface area contributed by atoms with Crippen molar-refractivity contribution in [3.8, 4) is 10.8 Å². The van der Waals surface area contributed by atoms with Crippen molar-refractivity contribution < 1.29 is 23.2 Å². The minimum absolute atomic E-state index is 0.134. The van der Waals surface area contributed by atoms with E-state index in [9.17, 15) is 9.59 Å². The van der Waals surface area contributed by atoms with Gasteiger partial charge in [-0.3, -0.25) is 4.79 Å². The number of esters is 1. The predicted molar refractivity (Wildman–Crippen MR) is 99.8 cm³/mol. The zero-order valence-corrected chi connectivity index (χ0v) is 15.1. The number of hydrogen-bond donors (Lipinski definition) is 1. The molecular weight excluding hydrogens is 382 g/mol. The summed E-state index contributed by atoms with van der Waals surface area (Å²) in [6.07, 6.45) is 1.39. The molecule has 3 heterocycles. The van der Waals surface area contributed by atoms with Gasteiger partial charge in [0.2, 0.25) is 0 Å². The Morgan fingerprint density at radius 2 is 1.96 bits per heavy atom. The highest BCUT2D eigenvalue weighted by Gasteiger charge is 2.18. The number of para-hydroxylation sites is 1. The molecule has 8 nitrogen and oxygen atoms in total. The van der Waals surface area contributed by atoms with Crippen LogP contribution in [-0.2, 0) is 11.3 Å². The quantitative estimate of drug-likeness (QED) is 0.492. The molecule has 0 saturated heterocycles. The molecule has 0 bridgehead atoms. The van der Waals surface area contributed by atoms with E-state index in [0.29, 0.717) is 11.6 Å². The maximum atomic E-state index is 12.5. The van der Waals surface area contributed by atoms with Gasteiger partial charge in [0.05, 0.1) is 22.4 Å². The Morgan fingerprint density at radius 3 is 2.75 bits per heavy atom. The summed E-state index contributed by atoms with van der Waals surface area (Å²) in [7, 11) is 0. The number of thiophene rings is 1. The molecule has 0 radical (unpaired) electrons. The SMILES string of the molecule is O=C(Nc1ccccc1C(=O)OCc1nnc(-c2cccs2)o1)c1ccco1. The van der Waals surface area contributed by atoms with Gasteiger partial charge in [-0.15, -0.1) is 21.5 Å². The van der Waals surface area contributed by atoms with Gasteiger partial charge in [-0.05, 0) is 35.7 Å². The van der Waals surface area contributed by atoms with Gasteiger partial charge in [0.1, 0.15) is 0 Å². The highest BCUT2D eigenvalue weighted by Crippen LogP contribution is 2.23. The average molecular weight is 395 g/mol. The number of anilines is 1. The first kappa shape index (κ1) is 17.7. The van der Waals surface area contributed by atoms with Crippen LogP contribution in [0.4, 0.5) is 5.69 Å². The maximum Gasteiger partial charge on any atom is 0.340 e. The molecule has 0 unspecified atom stereocenters. The number of aromatic nitrogens is 2. The van der Waals surface area contributed by atoms with Gasteiger partial charge >= 0.3 is 5.97 Å². The lowest BCUT2D eigenvalue weighted by atomic mass is 10.1. The Hall–Kier alpha value is -3.72. The van der Waals surface area contributed by atoms with Crippen molar-refractivity contribution in [3.63, 3.8) is 0 Å². The number of carbonyl (C=O) groups is 2. The van der Waals surface area contributed by atoms with E-state index in [-0.39, 0.29) is 23.8 Å². The van der Waals surface area contributed by atoms with E-state index in [1.54, 1.807) is 30.3 Å². The highest BCUT2D eigenvalue weighted by atomic mass is 32.1. The summed E-state index contributed by atoms with van der Waals surface area (Å²) in [4.78, 5) is 25.4. The molecule has 140 valence electrons. The van der Waals surface area contributed by atoms with Gasteiger partial charge in [0.15, 0.2) is 12.4 Å². The van der Waals surface area contributed by atoms with Crippen LogP contribution >= 0.6 is 11.3 Å². The fourth-order valence-electron chi connectivity index (χ4n) is 2.38. The van der Waals surface area contributed by atoms with Gasteiger partial charge in [0.25, 0.3) is 17.7 Å². The Labute approximate surface area is 162 Å². The van der Waals surface area contributed by atoms with Crippen molar-refractivity contribution in [2.24, 2.45) is 0 Å². The number of rotatable bonds is 6. The van der Waals surface area contributed by atoms with Gasteiger partial charge in [-0.25, -0.2) is 4.79 Å². The molecule has 0 atom stereocenters. The van der Waals surface area contributed by atoms with Crippen LogP contribution in [0.3, 0.4) is 0 Å². The molecule has 9 heteroatoms. The van der Waals surface area contributed by atoms with Crippen LogP contribution in [0.1, 0.15) is 26.8 Å². The molecule has 0 fully saturated rings. The first-order valence-electron chi connectivity index (χ1n) is 8.18. The monoisotopic (exact) mass is 395 g/mol. The predicted octanol–water partition coefficient (Wildman–Crippen LogP) is 4.00. The van der Waals surface area contributed by atoms with Gasteiger partial charge in [-0.2, -0.15) is 0 Å². The molecular formula is C19H13N3O5S. The number of ether oxygens (including phenoxy) is 1. The van der Waals surface area contributed by atoms with Crippen LogP contribution in [-0.4, -0.2) is 22.1 Å². The summed E-state index contributed by atoms with van der Waals surface area (Å²) in [5, 5.41) is 12.3. The van der Waals surface area contributed by atoms with Crippen LogP contribution in [0, 0.1) is 0 Å². The second-order valence-corrected chi connectivity index (χ2v) is 6.48. The number of nitrogens with zero attached hydrogens (tertiary/aromatic N) is 2. The molecule has 1 N–H and O–H groups in total. The molecule has 0 aliphatic carbocycles. The van der Waals surface area contributed by atoms with E-state index in [1.807, 2.05) is 17.5 Å². The maximum absolute atomic E-state index is 12.5. The summed E-state index contributed by atoms with van der Waals surface area (Å²) in [6.45, 7) is -0.183. The highest BCUT2D eigenvalue weighted by molar-refractivity contribution is 7.13. The van der Waals surface area contributed by atoms with Gasteiger partial charge < -0.3 is 18.9 Å². The van der Waals surface area contributed by atoms with Crippen LogP contribution in [0.25, 0.3) is 10.8 Å². The lowest BCUT2D eigenvalue weighted by molar-refractivity contribution is 0.0440. The van der Waals surface area contributed by atoms with Crippen LogP contribution < -0.4 is 5.32 Å². The largest absolute Gasteiger partial charge is 0.459 e. The van der Waals surface area contributed by atoms with Crippen LogP contribution in [0.15, 0.2) is 69.0 Å². The minimum Gasteiger partial charge on any atom is -0.459 e. The normalized spacial score (nSPS) is 10.6. The molecule has 4 rings (SSSR count). The zero-order chi connectivity index (χ0) is 19.3. The number of furan rings is 1. The van der Waals surface area contributed by atoms with E-state index in [2.05, 4.69) is 15.5 Å². The summed E-state index contributed by atoms with van der Waals surface area (Å²) in [6, 6.07) is 13.4. The second kappa shape index (κ2) is 7.89. The summed E-state index contributed by atoms with van der Waals surface area (Å²) in [5.41, 5.74) is 0.499.